The maximum atomic E-state index is 12.8. The van der Waals surface area contributed by atoms with Gasteiger partial charge in [0.1, 0.15) is 5.75 Å². The maximum Gasteiger partial charge on any atom is 0.453 e. The molecule has 0 bridgehead atoms. The van der Waals surface area contributed by atoms with Gasteiger partial charge in [-0.15, -0.1) is 5.10 Å². The number of carbonyl (C=O) groups excluding carboxylic acids is 1. The van der Waals surface area contributed by atoms with Gasteiger partial charge in [-0.1, -0.05) is 23.2 Å². The first-order valence-electron chi connectivity index (χ1n) is 8.02. The minimum atomic E-state index is -4.67. The van der Waals surface area contributed by atoms with Gasteiger partial charge >= 0.3 is 12.1 Å². The molecule has 0 saturated heterocycles. The first-order valence-corrected chi connectivity index (χ1v) is 8.77. The number of hydrogen-bond acceptors (Lipinski definition) is 5. The molecule has 11 heteroatoms. The lowest BCUT2D eigenvalue weighted by molar-refractivity contribution is -0.144. The number of aryl methyl sites for hydroxylation is 2. The van der Waals surface area contributed by atoms with Gasteiger partial charge in [0, 0.05) is 16.4 Å². The second-order valence-electron chi connectivity index (χ2n) is 5.95. The average molecular weight is 433 g/mol. The Morgan fingerprint density at radius 2 is 1.93 bits per heavy atom. The summed E-state index contributed by atoms with van der Waals surface area (Å²) >= 11 is 11.8. The van der Waals surface area contributed by atoms with E-state index in [1.165, 1.54) is 18.2 Å². The topological polar surface area (TPSA) is 69.4 Å². The Kier molecular flexibility index (Phi) is 5.49. The molecule has 1 aromatic carbocycles. The van der Waals surface area contributed by atoms with Gasteiger partial charge in [0.05, 0.1) is 11.4 Å². The summed E-state index contributed by atoms with van der Waals surface area (Å²) in [6.07, 6.45) is -4.50. The minimum absolute atomic E-state index is 0.0331. The zero-order valence-electron chi connectivity index (χ0n) is 14.6. The van der Waals surface area contributed by atoms with E-state index in [-0.39, 0.29) is 29.4 Å². The van der Waals surface area contributed by atoms with Crippen LogP contribution in [0.4, 0.5) is 13.2 Å². The number of halogens is 5. The van der Waals surface area contributed by atoms with Crippen molar-refractivity contribution < 1.29 is 22.7 Å². The number of benzene rings is 1. The van der Waals surface area contributed by atoms with E-state index in [4.69, 9.17) is 27.9 Å². The predicted molar refractivity (Wildman–Crippen MR) is 95.7 cm³/mol. The maximum absolute atomic E-state index is 12.8. The summed E-state index contributed by atoms with van der Waals surface area (Å²) in [7, 11) is 0. The van der Waals surface area contributed by atoms with E-state index < -0.39 is 18.0 Å². The van der Waals surface area contributed by atoms with Crippen molar-refractivity contribution in [1.82, 2.24) is 19.6 Å². The highest BCUT2D eigenvalue weighted by atomic mass is 35.5. The van der Waals surface area contributed by atoms with Crippen LogP contribution in [0.3, 0.4) is 0 Å². The number of nitrogens with zero attached hydrogens (tertiary/aromatic N) is 4. The summed E-state index contributed by atoms with van der Waals surface area (Å²) in [6.45, 7) is 3.22. The van der Waals surface area contributed by atoms with Crippen LogP contribution in [0.15, 0.2) is 18.2 Å². The summed E-state index contributed by atoms with van der Waals surface area (Å²) < 4.78 is 44.7. The summed E-state index contributed by atoms with van der Waals surface area (Å²) in [5, 5.41) is 4.07. The molecule has 0 radical (unpaired) electrons. The standard InChI is InChI=1S/C17H13Cl2F3N4O2/c1-8-11(4-6-14(27)28-13-5-3-10(18)7-12(13)19)9(2)26-16(23-8)24-15(25-26)17(20,21)22/h3,5,7H,4,6H2,1-2H3. The quantitative estimate of drug-likeness (QED) is 0.444. The molecule has 0 saturated carbocycles. The monoisotopic (exact) mass is 432 g/mol. The lowest BCUT2D eigenvalue weighted by Crippen LogP contribution is -2.12. The van der Waals surface area contributed by atoms with Gasteiger partial charge in [0.15, 0.2) is 0 Å². The van der Waals surface area contributed by atoms with Crippen LogP contribution in [-0.2, 0) is 17.4 Å². The van der Waals surface area contributed by atoms with Crippen molar-refractivity contribution in [2.24, 2.45) is 0 Å². The van der Waals surface area contributed by atoms with Crippen molar-refractivity contribution in [3.63, 3.8) is 0 Å². The van der Waals surface area contributed by atoms with Crippen molar-refractivity contribution in [1.29, 1.82) is 0 Å². The van der Waals surface area contributed by atoms with Gasteiger partial charge in [0.25, 0.3) is 11.6 Å². The van der Waals surface area contributed by atoms with Crippen LogP contribution in [-0.4, -0.2) is 25.6 Å². The number of hydrogen-bond donors (Lipinski definition) is 0. The Bertz CT molecular complexity index is 1070. The third-order valence-corrected chi connectivity index (χ3v) is 4.53. The van der Waals surface area contributed by atoms with Crippen molar-refractivity contribution in [2.75, 3.05) is 0 Å². The van der Waals surface area contributed by atoms with Crippen LogP contribution in [0.2, 0.25) is 10.0 Å². The van der Waals surface area contributed by atoms with Gasteiger partial charge in [-0.05, 0) is 44.0 Å². The van der Waals surface area contributed by atoms with E-state index in [0.717, 1.165) is 4.52 Å². The smallest absolute Gasteiger partial charge is 0.425 e. The Morgan fingerprint density at radius 1 is 1.21 bits per heavy atom. The Balaban J connectivity index is 1.79. The predicted octanol–water partition coefficient (Wildman–Crippen LogP) is 4.60. The van der Waals surface area contributed by atoms with Crippen molar-refractivity contribution in [3.8, 4) is 5.75 Å². The highest BCUT2D eigenvalue weighted by Crippen LogP contribution is 2.29. The number of alkyl halides is 3. The fourth-order valence-electron chi connectivity index (χ4n) is 2.65. The van der Waals surface area contributed by atoms with Gasteiger partial charge in [-0.3, -0.25) is 4.79 Å². The second kappa shape index (κ2) is 7.56. The molecule has 0 atom stereocenters. The SMILES string of the molecule is Cc1nc2nc(C(F)(F)F)nn2c(C)c1CCC(=O)Oc1ccc(Cl)cc1Cl. The summed E-state index contributed by atoms with van der Waals surface area (Å²) in [4.78, 5) is 19.6. The van der Waals surface area contributed by atoms with Crippen molar-refractivity contribution in [3.05, 3.63) is 51.0 Å². The van der Waals surface area contributed by atoms with Crippen LogP contribution in [0, 0.1) is 13.8 Å². The molecule has 28 heavy (non-hydrogen) atoms. The fraction of sp³-hybridized carbons (Fsp3) is 0.294. The zero-order chi connectivity index (χ0) is 20.6. The average Bonchev–Trinajstić information content (AvgIpc) is 3.01. The molecule has 0 aliphatic rings. The van der Waals surface area contributed by atoms with Crippen LogP contribution >= 0.6 is 23.2 Å². The molecule has 0 spiro atoms. The molecule has 0 fully saturated rings. The largest absolute Gasteiger partial charge is 0.453 e. The van der Waals surface area contributed by atoms with E-state index in [1.807, 2.05) is 0 Å². The van der Waals surface area contributed by atoms with Crippen molar-refractivity contribution >= 4 is 34.9 Å². The molecule has 148 valence electrons. The Morgan fingerprint density at radius 3 is 2.57 bits per heavy atom. The Hall–Kier alpha value is -2.39. The van der Waals surface area contributed by atoms with Gasteiger partial charge in [0.2, 0.25) is 0 Å². The lowest BCUT2D eigenvalue weighted by atomic mass is 10.1. The fourth-order valence-corrected chi connectivity index (χ4v) is 3.10. The molecule has 3 rings (SSSR count). The molecular weight excluding hydrogens is 420 g/mol. The van der Waals surface area contributed by atoms with Crippen LogP contribution < -0.4 is 4.74 Å². The van der Waals surface area contributed by atoms with E-state index >= 15 is 0 Å². The highest BCUT2D eigenvalue weighted by Gasteiger charge is 2.37. The second-order valence-corrected chi connectivity index (χ2v) is 6.80. The number of fused-ring (bicyclic) bond motifs is 1. The van der Waals surface area contributed by atoms with Crippen LogP contribution in [0.25, 0.3) is 5.78 Å². The molecule has 6 nitrogen and oxygen atoms in total. The molecule has 2 aromatic heterocycles. The van der Waals surface area contributed by atoms with Gasteiger partial charge in [-0.2, -0.15) is 18.2 Å². The number of aromatic nitrogens is 4. The summed E-state index contributed by atoms with van der Waals surface area (Å²) in [6, 6.07) is 4.45. The van der Waals surface area contributed by atoms with Crippen LogP contribution in [0.5, 0.6) is 5.75 Å². The molecule has 0 aliphatic heterocycles. The number of esters is 1. The van der Waals surface area contributed by atoms with E-state index in [1.54, 1.807) is 13.8 Å². The van der Waals surface area contributed by atoms with Gasteiger partial charge < -0.3 is 4.74 Å². The zero-order valence-corrected chi connectivity index (χ0v) is 16.2. The first kappa shape index (κ1) is 20.3. The van der Waals surface area contributed by atoms with E-state index in [9.17, 15) is 18.0 Å². The lowest BCUT2D eigenvalue weighted by Gasteiger charge is -2.10. The van der Waals surface area contributed by atoms with Crippen molar-refractivity contribution in [2.45, 2.75) is 32.9 Å². The molecule has 0 aliphatic carbocycles. The molecule has 0 unspecified atom stereocenters. The first-order chi connectivity index (χ1) is 13.1. The van der Waals surface area contributed by atoms with Crippen LogP contribution in [0.1, 0.15) is 29.2 Å². The summed E-state index contributed by atoms with van der Waals surface area (Å²) in [5.41, 5.74) is 1.47. The highest BCUT2D eigenvalue weighted by molar-refractivity contribution is 6.35. The number of carbonyl (C=O) groups is 1. The number of ether oxygens (including phenoxy) is 1. The molecule has 3 aromatic rings. The van der Waals surface area contributed by atoms with E-state index in [0.29, 0.717) is 22.0 Å². The molecule has 2 heterocycles. The summed E-state index contributed by atoms with van der Waals surface area (Å²) in [5.74, 6) is -1.81. The third-order valence-electron chi connectivity index (χ3n) is 4.00. The van der Waals surface area contributed by atoms with Gasteiger partial charge in [-0.25, -0.2) is 9.50 Å². The number of rotatable bonds is 4. The normalized spacial score (nSPS) is 11.8. The molecule has 0 N–H and O–H groups in total. The molecular formula is C17H13Cl2F3N4O2. The minimum Gasteiger partial charge on any atom is -0.425 e. The molecule has 0 amide bonds. The van der Waals surface area contributed by atoms with E-state index in [2.05, 4.69) is 15.1 Å². The third kappa shape index (κ3) is 4.20. The Labute approximate surface area is 167 Å².